The van der Waals surface area contributed by atoms with E-state index in [1.165, 1.54) is 0 Å². The fraction of sp³-hybridized carbons (Fsp3) is 0. The number of nitrogens with zero attached hydrogens (tertiary/aromatic N) is 1. The van der Waals surface area contributed by atoms with Gasteiger partial charge in [-0.2, -0.15) is 4.39 Å². The van der Waals surface area contributed by atoms with Crippen molar-refractivity contribution < 1.29 is 8.78 Å². The third-order valence-corrected chi connectivity index (χ3v) is 0.636. The lowest BCUT2D eigenvalue weighted by molar-refractivity contribution is 0.508. The molecule has 1 aliphatic rings. The minimum absolute atomic E-state index is 0.667. The predicted molar refractivity (Wildman–Crippen MR) is 25.2 cm³/mol. The summed E-state index contributed by atoms with van der Waals surface area (Å²) in [5.74, 6) is -0.725. The largest absolute Gasteiger partial charge is 0.323 e. The molecular formula is C4H3F2N2. The molecule has 43 valence electrons. The lowest BCUT2D eigenvalue weighted by Crippen LogP contribution is -2.11. The van der Waals surface area contributed by atoms with Crippen LogP contribution in [0.2, 0.25) is 0 Å². The van der Waals surface area contributed by atoms with Crippen molar-refractivity contribution in [2.45, 2.75) is 0 Å². The number of nitrogens with one attached hydrogen (secondary N) is 1. The van der Waals surface area contributed by atoms with Gasteiger partial charge < -0.3 is 5.32 Å². The van der Waals surface area contributed by atoms with E-state index in [1.54, 1.807) is 0 Å². The van der Waals surface area contributed by atoms with Gasteiger partial charge in [-0.25, -0.2) is 9.38 Å². The average Bonchev–Trinajstić information content (AvgIpc) is 1.64. The second-order valence-corrected chi connectivity index (χ2v) is 1.22. The number of aliphatic imine (C=N–C) groups is 1. The Morgan fingerprint density at radius 2 is 2.25 bits per heavy atom. The van der Waals surface area contributed by atoms with Crippen LogP contribution in [0.3, 0.4) is 0 Å². The summed E-state index contributed by atoms with van der Waals surface area (Å²) in [7, 11) is 0. The maximum atomic E-state index is 11.8. The third kappa shape index (κ3) is 1.02. The van der Waals surface area contributed by atoms with Gasteiger partial charge in [0.1, 0.15) is 0 Å². The molecule has 0 spiro atoms. The number of hydrogen-bond donors (Lipinski definition) is 1. The van der Waals surface area contributed by atoms with Crippen LogP contribution in [0.25, 0.3) is 0 Å². The first-order chi connectivity index (χ1) is 3.79. The summed E-state index contributed by atoms with van der Waals surface area (Å²) in [5.41, 5.74) is 0. The molecule has 0 amide bonds. The van der Waals surface area contributed by atoms with E-state index in [2.05, 4.69) is 10.3 Å². The van der Waals surface area contributed by atoms with E-state index in [0.29, 0.717) is 6.08 Å². The van der Waals surface area contributed by atoms with Gasteiger partial charge in [-0.15, -0.1) is 0 Å². The molecule has 0 aromatic rings. The summed E-state index contributed by atoms with van der Waals surface area (Å²) in [4.78, 5) is 3.08. The lowest BCUT2D eigenvalue weighted by atomic mass is 10.5. The Bertz CT molecular complexity index is 141. The fourth-order valence-corrected chi connectivity index (χ4v) is 0.339. The van der Waals surface area contributed by atoms with E-state index in [-0.39, 0.29) is 0 Å². The molecule has 8 heavy (non-hydrogen) atoms. The van der Waals surface area contributed by atoms with Crippen LogP contribution < -0.4 is 5.32 Å². The first-order valence-electron chi connectivity index (χ1n) is 1.98. The second-order valence-electron chi connectivity index (χ2n) is 1.22. The zero-order chi connectivity index (χ0) is 5.98. The lowest BCUT2D eigenvalue weighted by Gasteiger charge is -2.01. The Labute approximate surface area is 44.9 Å². The maximum Gasteiger partial charge on any atom is 0.283 e. The van der Waals surface area contributed by atoms with Crippen molar-refractivity contribution in [1.82, 2.24) is 5.32 Å². The molecule has 2 nitrogen and oxygen atoms in total. The number of hydrogen-bond acceptors (Lipinski definition) is 2. The van der Waals surface area contributed by atoms with E-state index in [1.807, 2.05) is 0 Å². The van der Waals surface area contributed by atoms with Crippen LogP contribution in [-0.2, 0) is 0 Å². The monoisotopic (exact) mass is 117 g/mol. The molecule has 0 atom stereocenters. The standard InChI is InChI=1S/C4H3F2N2/c5-3-1-4(6)8-2-7-3/h1-2H,(H,7,8). The van der Waals surface area contributed by atoms with Gasteiger partial charge in [0.2, 0.25) is 0 Å². The van der Waals surface area contributed by atoms with Crippen molar-refractivity contribution in [3.05, 3.63) is 18.3 Å². The highest BCUT2D eigenvalue weighted by atomic mass is 19.1. The van der Waals surface area contributed by atoms with Gasteiger partial charge >= 0.3 is 0 Å². The predicted octanol–water partition coefficient (Wildman–Crippen LogP) is 0.888. The first kappa shape index (κ1) is 5.21. The summed E-state index contributed by atoms with van der Waals surface area (Å²) in [6.45, 7) is 0. The van der Waals surface area contributed by atoms with Gasteiger partial charge in [-0.1, -0.05) is 0 Å². The fourth-order valence-electron chi connectivity index (χ4n) is 0.339. The smallest absolute Gasteiger partial charge is 0.283 e. The van der Waals surface area contributed by atoms with E-state index in [4.69, 9.17) is 0 Å². The molecule has 0 aromatic heterocycles. The summed E-state index contributed by atoms with van der Waals surface area (Å²) >= 11 is 0. The van der Waals surface area contributed by atoms with E-state index in [0.717, 1.165) is 6.34 Å². The summed E-state index contributed by atoms with van der Waals surface area (Å²) in [6, 6.07) is 0. The van der Waals surface area contributed by atoms with E-state index >= 15 is 0 Å². The summed E-state index contributed by atoms with van der Waals surface area (Å²) < 4.78 is 23.6. The van der Waals surface area contributed by atoms with Crippen molar-refractivity contribution in [3.63, 3.8) is 0 Å². The number of halogens is 2. The highest BCUT2D eigenvalue weighted by Crippen LogP contribution is 2.10. The van der Waals surface area contributed by atoms with Gasteiger partial charge in [-0.3, -0.25) is 0 Å². The molecule has 0 saturated heterocycles. The second kappa shape index (κ2) is 1.90. The number of rotatable bonds is 0. The first-order valence-corrected chi connectivity index (χ1v) is 1.98. The molecule has 1 heterocycles. The molecule has 1 radical (unpaired) electrons. The summed E-state index contributed by atoms with van der Waals surface area (Å²) in [5, 5.41) is 2.05. The van der Waals surface area contributed by atoms with Crippen molar-refractivity contribution in [2.75, 3.05) is 0 Å². The Morgan fingerprint density at radius 1 is 1.50 bits per heavy atom. The molecule has 4 heteroatoms. The molecule has 1 rings (SSSR count). The van der Waals surface area contributed by atoms with Gasteiger partial charge in [0.15, 0.2) is 5.95 Å². The van der Waals surface area contributed by atoms with Gasteiger partial charge in [0.05, 0.1) is 6.34 Å². The molecule has 0 aliphatic carbocycles. The van der Waals surface area contributed by atoms with Crippen molar-refractivity contribution >= 4 is 6.34 Å². The zero-order valence-corrected chi connectivity index (χ0v) is 3.86. The molecule has 0 aromatic carbocycles. The van der Waals surface area contributed by atoms with Crippen LogP contribution >= 0.6 is 0 Å². The molecular weight excluding hydrogens is 114 g/mol. The quantitative estimate of drug-likeness (QED) is 0.468. The van der Waals surface area contributed by atoms with Crippen molar-refractivity contribution in [3.8, 4) is 0 Å². The Morgan fingerprint density at radius 3 is 2.62 bits per heavy atom. The van der Waals surface area contributed by atoms with Crippen LogP contribution in [0.15, 0.2) is 17.0 Å². The van der Waals surface area contributed by atoms with Crippen LogP contribution in [0.1, 0.15) is 0 Å². The Hall–Kier alpha value is -0.930. The Kier molecular flexibility index (Phi) is 1.24. The van der Waals surface area contributed by atoms with Crippen molar-refractivity contribution in [2.24, 2.45) is 4.99 Å². The average molecular weight is 117 g/mol. The van der Waals surface area contributed by atoms with Crippen LogP contribution in [0, 0.1) is 6.30 Å². The van der Waals surface area contributed by atoms with E-state index < -0.39 is 12.2 Å². The zero-order valence-electron chi connectivity index (χ0n) is 3.86. The van der Waals surface area contributed by atoms with E-state index in [9.17, 15) is 8.78 Å². The van der Waals surface area contributed by atoms with Crippen LogP contribution in [-0.4, -0.2) is 6.34 Å². The molecule has 0 unspecified atom stereocenters. The highest BCUT2D eigenvalue weighted by Gasteiger charge is 2.06. The van der Waals surface area contributed by atoms with Crippen LogP contribution in [0.4, 0.5) is 8.78 Å². The topological polar surface area (TPSA) is 24.4 Å². The highest BCUT2D eigenvalue weighted by molar-refractivity contribution is 5.60. The Balaban J connectivity index is 2.60. The molecule has 1 N–H and O–H groups in total. The summed E-state index contributed by atoms with van der Waals surface area (Å²) in [6.07, 6.45) is 0.797. The van der Waals surface area contributed by atoms with Gasteiger partial charge in [0.25, 0.3) is 6.30 Å². The van der Waals surface area contributed by atoms with Gasteiger partial charge in [0, 0.05) is 6.08 Å². The molecule has 0 saturated carbocycles. The minimum Gasteiger partial charge on any atom is -0.323 e. The molecule has 0 bridgehead atoms. The van der Waals surface area contributed by atoms with Crippen LogP contribution in [0.5, 0.6) is 0 Å². The normalized spacial score (nSPS) is 20.0. The SMILES string of the molecule is F[C]1C=C(F)NC=N1. The van der Waals surface area contributed by atoms with Crippen molar-refractivity contribution in [1.29, 1.82) is 0 Å². The maximum absolute atomic E-state index is 11.8. The van der Waals surface area contributed by atoms with Gasteiger partial charge in [-0.05, 0) is 0 Å². The molecule has 0 fully saturated rings. The third-order valence-electron chi connectivity index (χ3n) is 0.636. The molecule has 1 aliphatic heterocycles. The minimum atomic E-state index is -0.818.